The van der Waals surface area contributed by atoms with E-state index in [4.69, 9.17) is 17.0 Å². The van der Waals surface area contributed by atoms with Gasteiger partial charge in [-0.05, 0) is 63.2 Å². The molecular weight excluding hydrogens is 332 g/mol. The molecule has 0 saturated carbocycles. The molecule has 25 heavy (non-hydrogen) atoms. The molecular formula is C19H26N4OS. The number of hydrazone groups is 1. The molecule has 0 fully saturated rings. The van der Waals surface area contributed by atoms with Crippen molar-refractivity contribution in [2.45, 2.75) is 34.2 Å². The largest absolute Gasteiger partial charge is 0.383 e. The Morgan fingerprint density at radius 1 is 1.28 bits per heavy atom. The molecule has 2 rings (SSSR count). The van der Waals surface area contributed by atoms with Gasteiger partial charge in [0, 0.05) is 36.3 Å². The number of rotatable bonds is 6. The van der Waals surface area contributed by atoms with Crippen LogP contribution in [-0.2, 0) is 11.3 Å². The average molecular weight is 359 g/mol. The number of hydrogen-bond acceptors (Lipinski definition) is 3. The van der Waals surface area contributed by atoms with Gasteiger partial charge >= 0.3 is 0 Å². The van der Waals surface area contributed by atoms with Gasteiger partial charge in [0.15, 0.2) is 5.11 Å². The zero-order chi connectivity index (χ0) is 18.4. The summed E-state index contributed by atoms with van der Waals surface area (Å²) < 4.78 is 7.38. The highest BCUT2D eigenvalue weighted by Crippen LogP contribution is 2.17. The van der Waals surface area contributed by atoms with Crippen LogP contribution in [0.25, 0.3) is 0 Å². The number of ether oxygens (including phenoxy) is 1. The minimum atomic E-state index is 0.471. The highest BCUT2D eigenvalue weighted by Gasteiger charge is 2.07. The number of nitrogens with zero attached hydrogens (tertiary/aromatic N) is 2. The number of anilines is 1. The van der Waals surface area contributed by atoms with Crippen molar-refractivity contribution in [1.29, 1.82) is 0 Å². The molecule has 0 aliphatic heterocycles. The summed E-state index contributed by atoms with van der Waals surface area (Å²) in [5, 5.41) is 7.91. The number of thiocarbonyl (C=S) groups is 1. The lowest BCUT2D eigenvalue weighted by Crippen LogP contribution is -2.24. The van der Waals surface area contributed by atoms with Crippen LogP contribution in [0.5, 0.6) is 0 Å². The summed E-state index contributed by atoms with van der Waals surface area (Å²) in [5.74, 6) is 0. The molecule has 5 nitrogen and oxygen atoms in total. The standard InChI is InChI=1S/C19H26N4OS/c1-13-7-6-8-18(15(13)3)21-19(25)22-20-12-17-11-14(2)23(16(17)4)9-10-24-5/h6-8,11-12H,9-10H2,1-5H3,(H2,21,22,25)/b20-12-. The van der Waals surface area contributed by atoms with Crippen molar-refractivity contribution < 1.29 is 4.74 Å². The predicted molar refractivity (Wildman–Crippen MR) is 109 cm³/mol. The third kappa shape index (κ3) is 4.90. The first-order valence-electron chi connectivity index (χ1n) is 8.26. The van der Waals surface area contributed by atoms with E-state index in [9.17, 15) is 0 Å². The Bertz CT molecular complexity index is 780. The van der Waals surface area contributed by atoms with E-state index in [0.29, 0.717) is 11.7 Å². The molecule has 0 bridgehead atoms. The fraction of sp³-hybridized carbons (Fsp3) is 0.368. The second-order valence-corrected chi connectivity index (χ2v) is 6.45. The minimum Gasteiger partial charge on any atom is -0.383 e. The van der Waals surface area contributed by atoms with E-state index in [-0.39, 0.29) is 0 Å². The van der Waals surface area contributed by atoms with Gasteiger partial charge in [0.2, 0.25) is 0 Å². The minimum absolute atomic E-state index is 0.471. The van der Waals surface area contributed by atoms with Crippen LogP contribution in [0.15, 0.2) is 29.4 Å². The van der Waals surface area contributed by atoms with Crippen LogP contribution in [0.3, 0.4) is 0 Å². The third-order valence-electron chi connectivity index (χ3n) is 4.35. The Kier molecular flexibility index (Phi) is 6.73. The molecule has 0 atom stereocenters. The Labute approximate surface area is 155 Å². The summed E-state index contributed by atoms with van der Waals surface area (Å²) in [4.78, 5) is 0. The summed E-state index contributed by atoms with van der Waals surface area (Å²) >= 11 is 5.32. The maximum absolute atomic E-state index is 5.32. The molecule has 0 radical (unpaired) electrons. The molecule has 0 aliphatic carbocycles. The van der Waals surface area contributed by atoms with Gasteiger partial charge in [-0.2, -0.15) is 5.10 Å². The maximum Gasteiger partial charge on any atom is 0.191 e. The van der Waals surface area contributed by atoms with Gasteiger partial charge in [-0.25, -0.2) is 0 Å². The van der Waals surface area contributed by atoms with Crippen LogP contribution < -0.4 is 10.7 Å². The van der Waals surface area contributed by atoms with Crippen molar-refractivity contribution in [2.75, 3.05) is 19.0 Å². The van der Waals surface area contributed by atoms with E-state index in [1.165, 1.54) is 16.8 Å². The fourth-order valence-corrected chi connectivity index (χ4v) is 2.84. The lowest BCUT2D eigenvalue weighted by Gasteiger charge is -2.11. The monoisotopic (exact) mass is 358 g/mol. The Hall–Kier alpha value is -2.18. The number of benzene rings is 1. The quantitative estimate of drug-likeness (QED) is 0.470. The normalized spacial score (nSPS) is 11.1. The molecule has 2 aromatic rings. The number of hydrogen-bond donors (Lipinski definition) is 2. The summed E-state index contributed by atoms with van der Waals surface area (Å²) in [6.07, 6.45) is 1.79. The third-order valence-corrected chi connectivity index (χ3v) is 4.55. The number of aryl methyl sites for hydroxylation is 2. The summed E-state index contributed by atoms with van der Waals surface area (Å²) in [6, 6.07) is 8.20. The highest BCUT2D eigenvalue weighted by molar-refractivity contribution is 7.80. The first-order valence-corrected chi connectivity index (χ1v) is 8.66. The predicted octanol–water partition coefficient (Wildman–Crippen LogP) is 3.69. The van der Waals surface area contributed by atoms with E-state index in [2.05, 4.69) is 60.2 Å². The van der Waals surface area contributed by atoms with Crippen LogP contribution in [0.2, 0.25) is 0 Å². The SMILES string of the molecule is COCCn1c(C)cc(/C=N\NC(=S)Nc2cccc(C)c2C)c1C. The fourth-order valence-electron chi connectivity index (χ4n) is 2.68. The van der Waals surface area contributed by atoms with E-state index < -0.39 is 0 Å². The number of methoxy groups -OCH3 is 1. The second-order valence-electron chi connectivity index (χ2n) is 6.04. The van der Waals surface area contributed by atoms with Crippen molar-refractivity contribution in [3.8, 4) is 0 Å². The van der Waals surface area contributed by atoms with Gasteiger partial charge in [-0.15, -0.1) is 0 Å². The van der Waals surface area contributed by atoms with Crippen molar-refractivity contribution in [1.82, 2.24) is 9.99 Å². The Balaban J connectivity index is 1.99. The van der Waals surface area contributed by atoms with E-state index >= 15 is 0 Å². The topological polar surface area (TPSA) is 50.6 Å². The molecule has 0 unspecified atom stereocenters. The molecule has 0 saturated heterocycles. The van der Waals surface area contributed by atoms with Gasteiger partial charge in [-0.1, -0.05) is 12.1 Å². The molecule has 1 aromatic heterocycles. The Morgan fingerprint density at radius 2 is 2.04 bits per heavy atom. The number of aromatic nitrogens is 1. The molecule has 0 spiro atoms. The maximum atomic E-state index is 5.32. The van der Waals surface area contributed by atoms with Gasteiger partial charge in [0.05, 0.1) is 12.8 Å². The molecule has 2 N–H and O–H groups in total. The average Bonchev–Trinajstić information content (AvgIpc) is 2.84. The van der Waals surface area contributed by atoms with Crippen LogP contribution in [0.1, 0.15) is 28.1 Å². The van der Waals surface area contributed by atoms with Gasteiger partial charge in [0.25, 0.3) is 0 Å². The van der Waals surface area contributed by atoms with Crippen molar-refractivity contribution in [3.63, 3.8) is 0 Å². The summed E-state index contributed by atoms with van der Waals surface area (Å²) in [7, 11) is 1.71. The molecule has 6 heteroatoms. The highest BCUT2D eigenvalue weighted by atomic mass is 32.1. The van der Waals surface area contributed by atoms with Crippen molar-refractivity contribution in [3.05, 3.63) is 52.3 Å². The zero-order valence-electron chi connectivity index (χ0n) is 15.5. The smallest absolute Gasteiger partial charge is 0.191 e. The molecule has 134 valence electrons. The van der Waals surface area contributed by atoms with Crippen molar-refractivity contribution >= 4 is 29.2 Å². The van der Waals surface area contributed by atoms with Crippen LogP contribution >= 0.6 is 12.2 Å². The van der Waals surface area contributed by atoms with Gasteiger partial charge in [0.1, 0.15) is 0 Å². The molecule has 0 aliphatic rings. The number of nitrogens with one attached hydrogen (secondary N) is 2. The Morgan fingerprint density at radius 3 is 2.76 bits per heavy atom. The van der Waals surface area contributed by atoms with E-state index in [1.807, 2.05) is 12.1 Å². The lowest BCUT2D eigenvalue weighted by molar-refractivity contribution is 0.186. The van der Waals surface area contributed by atoms with E-state index in [0.717, 1.165) is 23.5 Å². The van der Waals surface area contributed by atoms with E-state index in [1.54, 1.807) is 13.3 Å². The first kappa shape index (κ1) is 19.1. The summed E-state index contributed by atoms with van der Waals surface area (Å²) in [5.41, 5.74) is 9.69. The first-order chi connectivity index (χ1) is 11.9. The second kappa shape index (κ2) is 8.78. The molecule has 0 amide bonds. The van der Waals surface area contributed by atoms with Crippen LogP contribution in [0, 0.1) is 27.7 Å². The molecule has 1 aromatic carbocycles. The zero-order valence-corrected chi connectivity index (χ0v) is 16.3. The van der Waals surface area contributed by atoms with Crippen LogP contribution in [-0.4, -0.2) is 29.6 Å². The van der Waals surface area contributed by atoms with Gasteiger partial charge in [-0.3, -0.25) is 5.43 Å². The van der Waals surface area contributed by atoms with Crippen molar-refractivity contribution in [2.24, 2.45) is 5.10 Å². The van der Waals surface area contributed by atoms with Gasteiger partial charge < -0.3 is 14.6 Å². The lowest BCUT2D eigenvalue weighted by atomic mass is 10.1. The van der Waals surface area contributed by atoms with Crippen LogP contribution in [0.4, 0.5) is 5.69 Å². The summed E-state index contributed by atoms with van der Waals surface area (Å²) in [6.45, 7) is 9.83. The molecule has 1 heterocycles.